The van der Waals surface area contributed by atoms with Gasteiger partial charge in [-0.2, -0.15) is 0 Å². The lowest BCUT2D eigenvalue weighted by molar-refractivity contribution is -0.115. The van der Waals surface area contributed by atoms with Crippen molar-refractivity contribution in [3.05, 3.63) is 138 Å². The summed E-state index contributed by atoms with van der Waals surface area (Å²) < 4.78 is 0. The number of hydrogen-bond acceptors (Lipinski definition) is 3. The van der Waals surface area contributed by atoms with Crippen LogP contribution in [0.4, 0.5) is 11.4 Å². The Bertz CT molecular complexity index is 1580. The number of rotatable bonds is 8. The first-order valence-corrected chi connectivity index (χ1v) is 13.9. The molecule has 0 radical (unpaired) electrons. The van der Waals surface area contributed by atoms with Gasteiger partial charge in [-0.15, -0.1) is 11.8 Å². The lowest BCUT2D eigenvalue weighted by atomic mass is 10.0. The summed E-state index contributed by atoms with van der Waals surface area (Å²) in [5.74, 6) is 0.186. The zero-order valence-corrected chi connectivity index (χ0v) is 22.7. The maximum atomic E-state index is 13.4. The first-order valence-electron chi connectivity index (χ1n) is 13.0. The van der Waals surface area contributed by atoms with Crippen LogP contribution in [-0.2, 0) is 4.79 Å². The molecule has 1 unspecified atom stereocenters. The lowest BCUT2D eigenvalue weighted by Crippen LogP contribution is -2.19. The van der Waals surface area contributed by atoms with Crippen LogP contribution in [-0.4, -0.2) is 11.8 Å². The fraction of sp³-hybridized carbons (Fsp3) is 0.118. The van der Waals surface area contributed by atoms with Gasteiger partial charge in [0.1, 0.15) is 5.25 Å². The van der Waals surface area contributed by atoms with Crippen LogP contribution in [0.15, 0.2) is 126 Å². The number of carbonyl (C=O) groups is 2. The predicted molar refractivity (Wildman–Crippen MR) is 163 cm³/mol. The lowest BCUT2D eigenvalue weighted by Gasteiger charge is -2.18. The van der Waals surface area contributed by atoms with E-state index >= 15 is 0 Å². The van der Waals surface area contributed by atoms with E-state index in [0.29, 0.717) is 17.2 Å². The third kappa shape index (κ3) is 6.57. The molecule has 5 heteroatoms. The van der Waals surface area contributed by atoms with E-state index in [9.17, 15) is 9.59 Å². The molecule has 5 rings (SSSR count). The van der Waals surface area contributed by atoms with E-state index in [1.807, 2.05) is 109 Å². The second kappa shape index (κ2) is 12.0. The maximum absolute atomic E-state index is 13.4. The Balaban J connectivity index is 1.29. The molecule has 0 fully saturated rings. The zero-order chi connectivity index (χ0) is 27.2. The summed E-state index contributed by atoms with van der Waals surface area (Å²) in [6.07, 6.45) is 0. The van der Waals surface area contributed by atoms with E-state index in [4.69, 9.17) is 0 Å². The van der Waals surface area contributed by atoms with Crippen LogP contribution in [0.1, 0.15) is 46.5 Å². The summed E-state index contributed by atoms with van der Waals surface area (Å²) in [5.41, 5.74) is 4.23. The van der Waals surface area contributed by atoms with Crippen molar-refractivity contribution in [3.63, 3.8) is 0 Å². The molecule has 2 N–H and O–H groups in total. The summed E-state index contributed by atoms with van der Waals surface area (Å²) in [6.45, 7) is 4.30. The van der Waals surface area contributed by atoms with E-state index in [1.54, 1.807) is 0 Å². The number of benzene rings is 5. The normalized spacial score (nSPS) is 11.8. The fourth-order valence-corrected chi connectivity index (χ4v) is 5.37. The quantitative estimate of drug-likeness (QED) is 0.197. The maximum Gasteiger partial charge on any atom is 0.255 e. The molecule has 0 saturated heterocycles. The second-order valence-corrected chi connectivity index (χ2v) is 10.9. The standard InChI is InChI=1S/C34H30N2O2S/c1-23(2)24-14-16-29(17-15-24)36-34(38)32(26-9-4-3-5-10-26)39-31-20-18-30(19-21-31)35-33(37)28-13-12-25-8-6-7-11-27(25)22-28/h3-23,32H,1-2H3,(H,35,37)(H,36,38). The summed E-state index contributed by atoms with van der Waals surface area (Å²) >= 11 is 1.48. The van der Waals surface area contributed by atoms with Crippen LogP contribution in [0.3, 0.4) is 0 Å². The van der Waals surface area contributed by atoms with Gasteiger partial charge in [0.15, 0.2) is 0 Å². The third-order valence-corrected chi connectivity index (χ3v) is 7.83. The van der Waals surface area contributed by atoms with E-state index in [2.05, 4.69) is 36.6 Å². The van der Waals surface area contributed by atoms with Crippen molar-refractivity contribution in [2.75, 3.05) is 10.6 Å². The number of nitrogens with one attached hydrogen (secondary N) is 2. The molecule has 4 nitrogen and oxygen atoms in total. The molecule has 0 aromatic heterocycles. The Morgan fingerprint density at radius 2 is 1.23 bits per heavy atom. The van der Waals surface area contributed by atoms with Crippen LogP contribution in [0.25, 0.3) is 10.8 Å². The number of fused-ring (bicyclic) bond motifs is 1. The first kappa shape index (κ1) is 26.3. The minimum absolute atomic E-state index is 0.0859. The first-order chi connectivity index (χ1) is 19.0. The van der Waals surface area contributed by atoms with E-state index in [-0.39, 0.29) is 11.8 Å². The Hall–Kier alpha value is -4.35. The van der Waals surface area contributed by atoms with Gasteiger partial charge in [-0.3, -0.25) is 9.59 Å². The Morgan fingerprint density at radius 3 is 1.92 bits per heavy atom. The minimum atomic E-state index is -0.436. The number of amides is 2. The highest BCUT2D eigenvalue weighted by atomic mass is 32.2. The molecular formula is C34H30N2O2S. The van der Waals surface area contributed by atoms with E-state index < -0.39 is 5.25 Å². The summed E-state index contributed by atoms with van der Waals surface area (Å²) in [4.78, 5) is 27.2. The molecule has 0 aliphatic heterocycles. The van der Waals surface area contributed by atoms with Gasteiger partial charge in [0.2, 0.25) is 5.91 Å². The van der Waals surface area contributed by atoms with E-state index in [0.717, 1.165) is 26.9 Å². The molecule has 0 bridgehead atoms. The van der Waals surface area contributed by atoms with Crippen LogP contribution < -0.4 is 10.6 Å². The van der Waals surface area contributed by atoms with Crippen LogP contribution in [0, 0.1) is 0 Å². The molecule has 2 amide bonds. The zero-order valence-electron chi connectivity index (χ0n) is 21.9. The van der Waals surface area contributed by atoms with Gasteiger partial charge < -0.3 is 10.6 Å². The van der Waals surface area contributed by atoms with Crippen molar-refractivity contribution < 1.29 is 9.59 Å². The molecule has 194 valence electrons. The fourth-order valence-electron chi connectivity index (χ4n) is 4.35. The number of hydrogen-bond donors (Lipinski definition) is 2. The van der Waals surface area contributed by atoms with Crippen molar-refractivity contribution in [1.82, 2.24) is 0 Å². The average Bonchev–Trinajstić information content (AvgIpc) is 2.97. The molecule has 5 aromatic carbocycles. The second-order valence-electron chi connectivity index (χ2n) is 9.71. The predicted octanol–water partition coefficient (Wildman–Crippen LogP) is 8.69. The van der Waals surface area contributed by atoms with Crippen molar-refractivity contribution in [3.8, 4) is 0 Å². The van der Waals surface area contributed by atoms with Crippen molar-refractivity contribution in [2.45, 2.75) is 29.9 Å². The molecule has 0 spiro atoms. The smallest absolute Gasteiger partial charge is 0.255 e. The highest BCUT2D eigenvalue weighted by molar-refractivity contribution is 8.00. The van der Waals surface area contributed by atoms with Crippen LogP contribution in [0.5, 0.6) is 0 Å². The monoisotopic (exact) mass is 530 g/mol. The molecule has 5 aromatic rings. The molecule has 39 heavy (non-hydrogen) atoms. The van der Waals surface area contributed by atoms with Gasteiger partial charge in [-0.1, -0.05) is 86.6 Å². The van der Waals surface area contributed by atoms with Crippen LogP contribution >= 0.6 is 11.8 Å². The van der Waals surface area contributed by atoms with Crippen molar-refractivity contribution >= 4 is 45.7 Å². The van der Waals surface area contributed by atoms with Gasteiger partial charge in [0.05, 0.1) is 0 Å². The average molecular weight is 531 g/mol. The number of thioether (sulfide) groups is 1. The molecule has 0 heterocycles. The van der Waals surface area contributed by atoms with Gasteiger partial charge in [-0.25, -0.2) is 0 Å². The molecule has 0 aliphatic rings. The molecular weight excluding hydrogens is 500 g/mol. The molecule has 1 atom stereocenters. The highest BCUT2D eigenvalue weighted by Crippen LogP contribution is 2.37. The Kier molecular flexibility index (Phi) is 8.09. The highest BCUT2D eigenvalue weighted by Gasteiger charge is 2.22. The Morgan fingerprint density at radius 1 is 0.615 bits per heavy atom. The van der Waals surface area contributed by atoms with Crippen molar-refractivity contribution in [2.24, 2.45) is 0 Å². The van der Waals surface area contributed by atoms with Crippen LogP contribution in [0.2, 0.25) is 0 Å². The van der Waals surface area contributed by atoms with Crippen molar-refractivity contribution in [1.29, 1.82) is 0 Å². The van der Waals surface area contributed by atoms with Gasteiger partial charge in [-0.05, 0) is 76.3 Å². The van der Waals surface area contributed by atoms with Gasteiger partial charge in [0, 0.05) is 21.8 Å². The molecule has 0 aliphatic carbocycles. The largest absolute Gasteiger partial charge is 0.325 e. The summed E-state index contributed by atoms with van der Waals surface area (Å²) in [6, 6.07) is 39.0. The summed E-state index contributed by atoms with van der Waals surface area (Å²) in [5, 5.41) is 7.74. The summed E-state index contributed by atoms with van der Waals surface area (Å²) in [7, 11) is 0. The number of anilines is 2. The third-order valence-electron chi connectivity index (χ3n) is 6.56. The minimum Gasteiger partial charge on any atom is -0.325 e. The van der Waals surface area contributed by atoms with Gasteiger partial charge in [0.25, 0.3) is 5.91 Å². The van der Waals surface area contributed by atoms with Gasteiger partial charge >= 0.3 is 0 Å². The molecule has 0 saturated carbocycles. The SMILES string of the molecule is CC(C)c1ccc(NC(=O)C(Sc2ccc(NC(=O)c3ccc4ccccc4c3)cc2)c2ccccc2)cc1. The Labute approximate surface area is 233 Å². The topological polar surface area (TPSA) is 58.2 Å². The van der Waals surface area contributed by atoms with E-state index in [1.165, 1.54) is 17.3 Å². The number of carbonyl (C=O) groups excluding carboxylic acids is 2.